The minimum Gasteiger partial charge on any atom is -0.454 e. The predicted molar refractivity (Wildman–Crippen MR) is 84.3 cm³/mol. The molecule has 1 fully saturated rings. The molecule has 2 amide bonds. The van der Waals surface area contributed by atoms with Crippen LogP contribution in [0.3, 0.4) is 0 Å². The molecule has 1 aromatic carbocycles. The zero-order valence-corrected chi connectivity index (χ0v) is 12.7. The summed E-state index contributed by atoms with van der Waals surface area (Å²) in [5, 5.41) is 3.00. The average molecular weight is 313 g/mol. The highest BCUT2D eigenvalue weighted by Crippen LogP contribution is 2.33. The van der Waals surface area contributed by atoms with E-state index in [4.69, 9.17) is 9.47 Å². The summed E-state index contributed by atoms with van der Waals surface area (Å²) in [5.74, 6) is 1.49. The normalized spacial score (nSPS) is 19.1. The topological polar surface area (TPSA) is 66.6 Å². The van der Waals surface area contributed by atoms with E-state index < -0.39 is 0 Å². The Kier molecular flexibility index (Phi) is 3.57. The lowest BCUT2D eigenvalue weighted by molar-refractivity contribution is 0.174. The van der Waals surface area contributed by atoms with Crippen molar-refractivity contribution in [2.45, 2.75) is 25.4 Å². The second-order valence-electron chi connectivity index (χ2n) is 5.82. The number of nitrogens with zero attached hydrogens (tertiary/aromatic N) is 1. The summed E-state index contributed by atoms with van der Waals surface area (Å²) in [6, 6.07) is 9.85. The molecule has 23 heavy (non-hydrogen) atoms. The number of aromatic amines is 1. The lowest BCUT2D eigenvalue weighted by Gasteiger charge is -2.24. The van der Waals surface area contributed by atoms with Crippen molar-refractivity contribution in [2.75, 3.05) is 13.3 Å². The number of hydrogen-bond acceptors (Lipinski definition) is 3. The third-order valence-electron chi connectivity index (χ3n) is 4.38. The summed E-state index contributed by atoms with van der Waals surface area (Å²) >= 11 is 0. The minimum atomic E-state index is -0.0280. The molecule has 1 atom stereocenters. The summed E-state index contributed by atoms with van der Waals surface area (Å²) in [6.45, 7) is 1.52. The zero-order valence-electron chi connectivity index (χ0n) is 12.7. The fourth-order valence-electron chi connectivity index (χ4n) is 3.21. The molecule has 4 rings (SSSR count). The lowest BCUT2D eigenvalue weighted by atomic mass is 10.1. The van der Waals surface area contributed by atoms with Gasteiger partial charge in [0.25, 0.3) is 0 Å². The van der Waals surface area contributed by atoms with Gasteiger partial charge in [-0.2, -0.15) is 0 Å². The van der Waals surface area contributed by atoms with Gasteiger partial charge in [0, 0.05) is 25.0 Å². The number of H-pyrrole nitrogens is 1. The van der Waals surface area contributed by atoms with Gasteiger partial charge in [-0.15, -0.1) is 0 Å². The van der Waals surface area contributed by atoms with Gasteiger partial charge in [-0.25, -0.2) is 4.79 Å². The van der Waals surface area contributed by atoms with Crippen LogP contribution in [0.25, 0.3) is 0 Å². The van der Waals surface area contributed by atoms with Gasteiger partial charge in [0.2, 0.25) is 6.79 Å². The van der Waals surface area contributed by atoms with Gasteiger partial charge < -0.3 is 24.7 Å². The van der Waals surface area contributed by atoms with Crippen LogP contribution in [0.2, 0.25) is 0 Å². The maximum atomic E-state index is 12.5. The Hall–Kier alpha value is -2.63. The summed E-state index contributed by atoms with van der Waals surface area (Å²) in [5.41, 5.74) is 2.10. The van der Waals surface area contributed by atoms with Crippen LogP contribution in [0.4, 0.5) is 4.79 Å². The van der Waals surface area contributed by atoms with Crippen LogP contribution < -0.4 is 14.8 Å². The Morgan fingerprint density at radius 3 is 3.09 bits per heavy atom. The third-order valence-corrected chi connectivity index (χ3v) is 4.38. The molecule has 2 N–H and O–H groups in total. The second kappa shape index (κ2) is 5.87. The Bertz CT molecular complexity index is 699. The molecular formula is C17H19N3O3. The first-order valence-electron chi connectivity index (χ1n) is 7.87. The van der Waals surface area contributed by atoms with E-state index in [2.05, 4.69) is 10.3 Å². The molecule has 0 saturated carbocycles. The standard InChI is InChI=1S/C17H19N3O3/c21-17(20-8-2-4-14(20)13-3-1-7-18-13)19-10-12-5-6-15-16(9-12)23-11-22-15/h1,3,5-7,9,14,18H,2,4,8,10-11H2,(H,19,21)/t14-/m1/s1. The van der Waals surface area contributed by atoms with Crippen molar-refractivity contribution in [3.8, 4) is 11.5 Å². The molecule has 0 spiro atoms. The van der Waals surface area contributed by atoms with Crippen LogP contribution in [0.15, 0.2) is 36.5 Å². The van der Waals surface area contributed by atoms with Crippen LogP contribution >= 0.6 is 0 Å². The number of likely N-dealkylation sites (tertiary alicyclic amines) is 1. The first-order valence-corrected chi connectivity index (χ1v) is 7.87. The third kappa shape index (κ3) is 2.72. The largest absolute Gasteiger partial charge is 0.454 e. The van der Waals surface area contributed by atoms with Gasteiger partial charge in [0.05, 0.1) is 6.04 Å². The smallest absolute Gasteiger partial charge is 0.318 e. The minimum absolute atomic E-state index is 0.0280. The molecule has 120 valence electrons. The van der Waals surface area contributed by atoms with Crippen LogP contribution in [-0.4, -0.2) is 29.3 Å². The van der Waals surface area contributed by atoms with Gasteiger partial charge in [-0.05, 0) is 42.7 Å². The van der Waals surface area contributed by atoms with Crippen LogP contribution in [0, 0.1) is 0 Å². The van der Waals surface area contributed by atoms with Gasteiger partial charge in [0.1, 0.15) is 0 Å². The molecule has 6 nitrogen and oxygen atoms in total. The molecule has 2 aromatic rings. The predicted octanol–water partition coefficient (Wildman–Crippen LogP) is 2.79. The molecule has 2 aliphatic heterocycles. The first kappa shape index (κ1) is 14.0. The molecule has 2 aliphatic rings. The fraction of sp³-hybridized carbons (Fsp3) is 0.353. The Labute approximate surface area is 134 Å². The van der Waals surface area contributed by atoms with Crippen molar-refractivity contribution in [2.24, 2.45) is 0 Å². The number of amides is 2. The highest BCUT2D eigenvalue weighted by atomic mass is 16.7. The van der Waals surface area contributed by atoms with Crippen molar-refractivity contribution < 1.29 is 14.3 Å². The van der Waals surface area contributed by atoms with Gasteiger partial charge in [0.15, 0.2) is 11.5 Å². The number of urea groups is 1. The number of aromatic nitrogens is 1. The van der Waals surface area contributed by atoms with Crippen LogP contribution in [-0.2, 0) is 6.54 Å². The van der Waals surface area contributed by atoms with E-state index in [1.165, 1.54) is 0 Å². The molecule has 0 aliphatic carbocycles. The van der Waals surface area contributed by atoms with E-state index in [1.54, 1.807) is 0 Å². The van der Waals surface area contributed by atoms with Crippen LogP contribution in [0.5, 0.6) is 11.5 Å². The molecule has 1 saturated heterocycles. The van der Waals surface area contributed by atoms with Gasteiger partial charge >= 0.3 is 6.03 Å². The summed E-state index contributed by atoms with van der Waals surface area (Å²) < 4.78 is 10.7. The van der Waals surface area contributed by atoms with Crippen molar-refractivity contribution in [3.63, 3.8) is 0 Å². The number of carbonyl (C=O) groups is 1. The molecule has 0 radical (unpaired) electrons. The highest BCUT2D eigenvalue weighted by Gasteiger charge is 2.30. The van der Waals surface area contributed by atoms with E-state index in [0.29, 0.717) is 6.54 Å². The Morgan fingerprint density at radius 2 is 2.22 bits per heavy atom. The number of carbonyl (C=O) groups excluding carboxylic acids is 1. The van der Waals surface area contributed by atoms with E-state index in [9.17, 15) is 4.79 Å². The maximum Gasteiger partial charge on any atom is 0.318 e. The number of rotatable bonds is 3. The Morgan fingerprint density at radius 1 is 1.30 bits per heavy atom. The molecule has 0 bridgehead atoms. The molecule has 3 heterocycles. The monoisotopic (exact) mass is 313 g/mol. The van der Waals surface area contributed by atoms with E-state index in [-0.39, 0.29) is 18.9 Å². The van der Waals surface area contributed by atoms with Crippen molar-refractivity contribution in [1.29, 1.82) is 0 Å². The highest BCUT2D eigenvalue weighted by molar-refractivity contribution is 5.75. The molecule has 6 heteroatoms. The lowest BCUT2D eigenvalue weighted by Crippen LogP contribution is -2.39. The van der Waals surface area contributed by atoms with E-state index in [0.717, 1.165) is 42.1 Å². The van der Waals surface area contributed by atoms with Gasteiger partial charge in [-0.3, -0.25) is 0 Å². The second-order valence-corrected chi connectivity index (χ2v) is 5.82. The average Bonchev–Trinajstić information content (AvgIpc) is 3.32. The number of benzene rings is 1. The molecule has 1 aromatic heterocycles. The number of fused-ring (bicyclic) bond motifs is 1. The first-order chi connectivity index (χ1) is 11.3. The van der Waals surface area contributed by atoms with Crippen molar-refractivity contribution in [3.05, 3.63) is 47.8 Å². The van der Waals surface area contributed by atoms with E-state index in [1.807, 2.05) is 41.4 Å². The van der Waals surface area contributed by atoms with Crippen LogP contribution in [0.1, 0.15) is 30.1 Å². The van der Waals surface area contributed by atoms with E-state index >= 15 is 0 Å². The SMILES string of the molecule is O=C(NCc1ccc2c(c1)OCO2)N1CCC[C@@H]1c1ccc[nH]1. The maximum absolute atomic E-state index is 12.5. The Balaban J connectivity index is 1.40. The summed E-state index contributed by atoms with van der Waals surface area (Å²) in [7, 11) is 0. The molecule has 0 unspecified atom stereocenters. The van der Waals surface area contributed by atoms with Gasteiger partial charge in [-0.1, -0.05) is 6.07 Å². The number of ether oxygens (including phenoxy) is 2. The van der Waals surface area contributed by atoms with Crippen molar-refractivity contribution >= 4 is 6.03 Å². The summed E-state index contributed by atoms with van der Waals surface area (Å²) in [4.78, 5) is 17.6. The molecular weight excluding hydrogens is 294 g/mol. The van der Waals surface area contributed by atoms with Crippen molar-refractivity contribution in [1.82, 2.24) is 15.2 Å². The fourth-order valence-corrected chi connectivity index (χ4v) is 3.21. The quantitative estimate of drug-likeness (QED) is 0.915. The number of nitrogens with one attached hydrogen (secondary N) is 2. The zero-order chi connectivity index (χ0) is 15.6. The summed E-state index contributed by atoms with van der Waals surface area (Å²) in [6.07, 6.45) is 3.93. The number of hydrogen-bond donors (Lipinski definition) is 2.